The first-order valence-electron chi connectivity index (χ1n) is 13.2. The molecule has 2 aliphatic rings. The Labute approximate surface area is 209 Å². The number of benzene rings is 1. The normalized spacial score (nSPS) is 21.5. The van der Waals surface area contributed by atoms with E-state index in [2.05, 4.69) is 19.2 Å². The van der Waals surface area contributed by atoms with Gasteiger partial charge >= 0.3 is 0 Å². The molecule has 1 N–H and O–H groups in total. The van der Waals surface area contributed by atoms with Crippen molar-refractivity contribution in [3.8, 4) is 11.5 Å². The maximum absolute atomic E-state index is 14.0. The van der Waals surface area contributed by atoms with Crippen molar-refractivity contribution in [3.63, 3.8) is 0 Å². The summed E-state index contributed by atoms with van der Waals surface area (Å²) in [7, 11) is 3.25. The zero-order valence-corrected chi connectivity index (χ0v) is 22.0. The van der Waals surface area contributed by atoms with Gasteiger partial charge in [0.15, 0.2) is 0 Å². The first-order chi connectivity index (χ1) is 16.8. The molecule has 1 aliphatic heterocycles. The topological polar surface area (TPSA) is 72.8 Å². The Kier molecular flexibility index (Phi) is 7.62. The highest BCUT2D eigenvalue weighted by Crippen LogP contribution is 2.40. The number of nitrogens with zero attached hydrogens (tertiary/aromatic N) is 2. The van der Waals surface area contributed by atoms with E-state index in [0.29, 0.717) is 36.2 Å². The molecule has 1 aliphatic carbocycles. The molecular formula is C28H41N3O4. The van der Waals surface area contributed by atoms with Crippen LogP contribution in [0.25, 0.3) is 10.9 Å². The van der Waals surface area contributed by atoms with Crippen LogP contribution >= 0.6 is 0 Å². The number of aromatic nitrogens is 1. The number of carbonyl (C=O) groups excluding carboxylic acids is 2. The maximum atomic E-state index is 14.0. The summed E-state index contributed by atoms with van der Waals surface area (Å²) in [6, 6.07) is 5.76. The van der Waals surface area contributed by atoms with Crippen LogP contribution in [0.15, 0.2) is 18.2 Å². The van der Waals surface area contributed by atoms with E-state index < -0.39 is 5.54 Å². The number of rotatable bonds is 7. The first-order valence-corrected chi connectivity index (χ1v) is 13.2. The number of ether oxygens (including phenoxy) is 2. The van der Waals surface area contributed by atoms with E-state index in [4.69, 9.17) is 9.47 Å². The van der Waals surface area contributed by atoms with Gasteiger partial charge in [-0.05, 0) is 50.3 Å². The average molecular weight is 484 g/mol. The van der Waals surface area contributed by atoms with Crippen LogP contribution in [0.5, 0.6) is 11.5 Å². The Morgan fingerprint density at radius 1 is 1.09 bits per heavy atom. The van der Waals surface area contributed by atoms with Gasteiger partial charge < -0.3 is 24.3 Å². The fraction of sp³-hybridized carbons (Fsp3) is 0.643. The lowest BCUT2D eigenvalue weighted by Gasteiger charge is -2.45. The van der Waals surface area contributed by atoms with E-state index in [0.717, 1.165) is 43.0 Å². The second-order valence-electron chi connectivity index (χ2n) is 10.8. The largest absolute Gasteiger partial charge is 0.496 e. The van der Waals surface area contributed by atoms with Crippen molar-refractivity contribution < 1.29 is 19.1 Å². The molecule has 35 heavy (non-hydrogen) atoms. The van der Waals surface area contributed by atoms with Crippen LogP contribution in [-0.4, -0.2) is 53.6 Å². The summed E-state index contributed by atoms with van der Waals surface area (Å²) in [5.41, 5.74) is 0.368. The van der Waals surface area contributed by atoms with Crippen LogP contribution in [-0.2, 0) is 11.3 Å². The summed E-state index contributed by atoms with van der Waals surface area (Å²) in [6.45, 7) is 7.13. The maximum Gasteiger partial charge on any atom is 0.271 e. The fourth-order valence-electron chi connectivity index (χ4n) is 5.63. The molecule has 1 atom stereocenters. The monoisotopic (exact) mass is 483 g/mol. The number of amides is 2. The predicted octanol–water partition coefficient (Wildman–Crippen LogP) is 5.15. The lowest BCUT2D eigenvalue weighted by molar-refractivity contribution is -0.133. The van der Waals surface area contributed by atoms with Crippen molar-refractivity contribution in [2.75, 3.05) is 20.8 Å². The van der Waals surface area contributed by atoms with Gasteiger partial charge in [-0.3, -0.25) is 9.59 Å². The van der Waals surface area contributed by atoms with Crippen LogP contribution in [0.1, 0.15) is 82.6 Å². The van der Waals surface area contributed by atoms with Crippen LogP contribution < -0.4 is 14.8 Å². The summed E-state index contributed by atoms with van der Waals surface area (Å²) in [5.74, 6) is 1.60. The Hall–Kier alpha value is -2.70. The smallest absolute Gasteiger partial charge is 0.271 e. The third kappa shape index (κ3) is 4.87. The van der Waals surface area contributed by atoms with E-state index in [1.165, 1.54) is 19.3 Å². The highest BCUT2D eigenvalue weighted by Gasteiger charge is 2.48. The minimum Gasteiger partial charge on any atom is -0.496 e. The molecule has 0 radical (unpaired) electrons. The van der Waals surface area contributed by atoms with Gasteiger partial charge in [0.2, 0.25) is 5.91 Å². The molecule has 2 heterocycles. The molecule has 1 aromatic carbocycles. The van der Waals surface area contributed by atoms with Crippen molar-refractivity contribution in [2.24, 2.45) is 5.92 Å². The second-order valence-corrected chi connectivity index (χ2v) is 10.8. The van der Waals surface area contributed by atoms with Crippen LogP contribution in [0.4, 0.5) is 0 Å². The van der Waals surface area contributed by atoms with E-state index in [9.17, 15) is 9.59 Å². The molecule has 0 bridgehead atoms. The molecule has 7 heteroatoms. The summed E-state index contributed by atoms with van der Waals surface area (Å²) >= 11 is 0. The number of fused-ring (bicyclic) bond motifs is 3. The zero-order chi connectivity index (χ0) is 25.2. The third-order valence-electron chi connectivity index (χ3n) is 7.81. The number of hydrogen-bond acceptors (Lipinski definition) is 4. The average Bonchev–Trinajstić information content (AvgIpc) is 3.19. The number of carbonyl (C=O) groups is 2. The van der Waals surface area contributed by atoms with Gasteiger partial charge in [0.25, 0.3) is 5.91 Å². The highest BCUT2D eigenvalue weighted by molar-refractivity contribution is 6.05. The molecule has 1 fully saturated rings. The first kappa shape index (κ1) is 25.4. The lowest BCUT2D eigenvalue weighted by Crippen LogP contribution is -2.65. The van der Waals surface area contributed by atoms with Gasteiger partial charge in [0, 0.05) is 18.0 Å². The fourth-order valence-corrected chi connectivity index (χ4v) is 5.63. The molecular weight excluding hydrogens is 442 g/mol. The summed E-state index contributed by atoms with van der Waals surface area (Å²) in [5, 5.41) is 4.18. The van der Waals surface area contributed by atoms with Gasteiger partial charge in [0.05, 0.1) is 26.3 Å². The molecule has 0 spiro atoms. The van der Waals surface area contributed by atoms with Crippen molar-refractivity contribution >= 4 is 22.7 Å². The molecule has 7 nitrogen and oxygen atoms in total. The number of methoxy groups -OCH3 is 2. The molecule has 1 saturated carbocycles. The van der Waals surface area contributed by atoms with E-state index in [-0.39, 0.29) is 17.9 Å². The molecule has 2 aromatic rings. The molecule has 0 unspecified atom stereocenters. The Morgan fingerprint density at radius 3 is 2.34 bits per heavy atom. The van der Waals surface area contributed by atoms with Gasteiger partial charge in [0.1, 0.15) is 22.7 Å². The van der Waals surface area contributed by atoms with Gasteiger partial charge in [-0.2, -0.15) is 0 Å². The van der Waals surface area contributed by atoms with Gasteiger partial charge in [-0.15, -0.1) is 0 Å². The van der Waals surface area contributed by atoms with Gasteiger partial charge in [-0.25, -0.2) is 0 Å². The lowest BCUT2D eigenvalue weighted by atomic mass is 9.91. The second kappa shape index (κ2) is 10.5. The summed E-state index contributed by atoms with van der Waals surface area (Å²) in [6.07, 6.45) is 8.86. The van der Waals surface area contributed by atoms with Crippen molar-refractivity contribution in [2.45, 2.75) is 90.3 Å². The summed E-state index contributed by atoms with van der Waals surface area (Å²) < 4.78 is 13.2. The molecule has 4 rings (SSSR count). The van der Waals surface area contributed by atoms with Crippen LogP contribution in [0.2, 0.25) is 0 Å². The Bertz CT molecular complexity index is 1070. The SMILES string of the molecule is COc1ccc(OC)c2c1cc1n2C[C@@](C)(C(=O)NC2CCCCCCC2)N(CCC(C)C)C1=O. The predicted molar refractivity (Wildman–Crippen MR) is 138 cm³/mol. The highest BCUT2D eigenvalue weighted by atomic mass is 16.5. The standard InChI is InChI=1S/C28H41N3O4/c1-19(2)15-16-31-26(32)22-17-21-23(34-4)13-14-24(35-5)25(21)30(22)18-28(31,3)27(33)29-20-11-9-7-6-8-10-12-20/h13-14,17,19-20H,6-12,15-16,18H2,1-5H3,(H,29,33)/t28-/m0/s1. The van der Waals surface area contributed by atoms with Crippen molar-refractivity contribution in [1.29, 1.82) is 0 Å². The number of nitrogens with one attached hydrogen (secondary N) is 1. The number of hydrogen-bond donors (Lipinski definition) is 1. The van der Waals surface area contributed by atoms with E-state index >= 15 is 0 Å². The Balaban J connectivity index is 1.75. The molecule has 0 saturated heterocycles. The Morgan fingerprint density at radius 2 is 1.71 bits per heavy atom. The minimum absolute atomic E-state index is 0.0606. The van der Waals surface area contributed by atoms with E-state index in [1.54, 1.807) is 19.1 Å². The van der Waals surface area contributed by atoms with E-state index in [1.807, 2.05) is 29.7 Å². The van der Waals surface area contributed by atoms with Crippen molar-refractivity contribution in [1.82, 2.24) is 14.8 Å². The summed E-state index contributed by atoms with van der Waals surface area (Å²) in [4.78, 5) is 29.7. The molecule has 2 amide bonds. The van der Waals surface area contributed by atoms with Gasteiger partial charge in [-0.1, -0.05) is 46.0 Å². The molecule has 1 aromatic heterocycles. The van der Waals surface area contributed by atoms with Crippen molar-refractivity contribution in [3.05, 3.63) is 23.9 Å². The minimum atomic E-state index is -0.999. The third-order valence-corrected chi connectivity index (χ3v) is 7.81. The van der Waals surface area contributed by atoms with Crippen LogP contribution in [0.3, 0.4) is 0 Å². The quantitative estimate of drug-likeness (QED) is 0.591. The molecule has 192 valence electrons. The zero-order valence-electron chi connectivity index (χ0n) is 22.0. The van der Waals surface area contributed by atoms with Crippen LogP contribution in [0, 0.1) is 5.92 Å².